The Hall–Kier alpha value is -2.91. The molecule has 1 atom stereocenters. The van der Waals surface area contributed by atoms with Crippen molar-refractivity contribution >= 4 is 0 Å². The van der Waals surface area contributed by atoms with E-state index in [1.807, 2.05) is 42.5 Å². The molecule has 0 aliphatic carbocycles. The molecule has 2 rings (SSSR count). The van der Waals surface area contributed by atoms with Crippen molar-refractivity contribution in [3.05, 3.63) is 48.0 Å². The van der Waals surface area contributed by atoms with Gasteiger partial charge in [0.25, 0.3) is 0 Å². The van der Waals surface area contributed by atoms with Crippen molar-refractivity contribution in [1.82, 2.24) is 5.32 Å². The van der Waals surface area contributed by atoms with Crippen LogP contribution in [0.25, 0.3) is 0 Å². The van der Waals surface area contributed by atoms with Gasteiger partial charge in [-0.25, -0.2) is 0 Å². The first-order chi connectivity index (χ1) is 14.5. The molecule has 1 unspecified atom stereocenters. The Morgan fingerprint density at radius 3 is 2.10 bits per heavy atom. The zero-order chi connectivity index (χ0) is 22.0. The molecule has 30 heavy (non-hydrogen) atoms. The minimum atomic E-state index is -0.694. The number of hydrogen-bond donors (Lipinski definition) is 1. The van der Waals surface area contributed by atoms with Crippen molar-refractivity contribution in [2.24, 2.45) is 5.92 Å². The van der Waals surface area contributed by atoms with Crippen molar-refractivity contribution in [3.8, 4) is 29.1 Å². The van der Waals surface area contributed by atoms with Crippen LogP contribution >= 0.6 is 0 Å². The van der Waals surface area contributed by atoms with Crippen LogP contribution in [0.5, 0.6) is 23.0 Å². The fourth-order valence-electron chi connectivity index (χ4n) is 3.52. The maximum atomic E-state index is 10.2. The largest absolute Gasteiger partial charge is 0.493 e. The Labute approximate surface area is 179 Å². The maximum absolute atomic E-state index is 10.2. The van der Waals surface area contributed by atoms with E-state index in [1.54, 1.807) is 21.3 Å². The number of nitrogens with zero attached hydrogens (tertiary/aromatic N) is 1. The van der Waals surface area contributed by atoms with Gasteiger partial charge in [0, 0.05) is 6.54 Å². The van der Waals surface area contributed by atoms with Crippen LogP contribution in [-0.2, 0) is 5.41 Å². The van der Waals surface area contributed by atoms with Gasteiger partial charge in [0.2, 0.25) is 5.75 Å². The molecule has 2 aromatic carbocycles. The lowest BCUT2D eigenvalue weighted by Gasteiger charge is -2.32. The van der Waals surface area contributed by atoms with E-state index in [4.69, 9.17) is 18.9 Å². The summed E-state index contributed by atoms with van der Waals surface area (Å²) in [5.41, 5.74) is 0.164. The minimum absolute atomic E-state index is 0.0904. The van der Waals surface area contributed by atoms with E-state index in [2.05, 4.69) is 25.2 Å². The molecule has 0 heterocycles. The Kier molecular flexibility index (Phi) is 8.82. The molecular formula is C24H32N2O4. The SMILES string of the molecule is COc1cc(C(C#N)(CCNCCOc2ccccc2)C(C)C)cc(OC)c1OC. The normalized spacial score (nSPS) is 12.7. The first-order valence-corrected chi connectivity index (χ1v) is 10.1. The highest BCUT2D eigenvalue weighted by Crippen LogP contribution is 2.44. The van der Waals surface area contributed by atoms with Crippen LogP contribution in [0.3, 0.4) is 0 Å². The van der Waals surface area contributed by atoms with E-state index in [0.717, 1.165) is 11.3 Å². The Morgan fingerprint density at radius 2 is 1.60 bits per heavy atom. The maximum Gasteiger partial charge on any atom is 0.203 e. The molecule has 6 heteroatoms. The average molecular weight is 413 g/mol. The van der Waals surface area contributed by atoms with Crippen LogP contribution < -0.4 is 24.3 Å². The lowest BCUT2D eigenvalue weighted by molar-refractivity contribution is 0.303. The number of ether oxygens (including phenoxy) is 4. The van der Waals surface area contributed by atoms with Crippen LogP contribution in [0.4, 0.5) is 0 Å². The highest BCUT2D eigenvalue weighted by molar-refractivity contribution is 5.56. The molecule has 0 aliphatic rings. The van der Waals surface area contributed by atoms with Crippen LogP contribution in [0.2, 0.25) is 0 Å². The summed E-state index contributed by atoms with van der Waals surface area (Å²) >= 11 is 0. The lowest BCUT2D eigenvalue weighted by atomic mass is 9.70. The number of nitrogens with one attached hydrogen (secondary N) is 1. The molecule has 0 saturated carbocycles. The molecule has 1 N–H and O–H groups in total. The van der Waals surface area contributed by atoms with Gasteiger partial charge in [0.1, 0.15) is 12.4 Å². The summed E-state index contributed by atoms with van der Waals surface area (Å²) in [6.07, 6.45) is 0.644. The Bertz CT molecular complexity index is 808. The predicted octanol–water partition coefficient (Wildman–Crippen LogP) is 4.19. The standard InChI is InChI=1S/C24H32N2O4/c1-18(2)24(17-25,11-12-26-13-14-30-20-9-7-6-8-10-20)19-15-21(27-3)23(29-5)22(16-19)28-4/h6-10,15-16,18,26H,11-14H2,1-5H3. The molecule has 0 aliphatic heterocycles. The third kappa shape index (κ3) is 5.37. The Balaban J connectivity index is 2.10. The second-order valence-electron chi connectivity index (χ2n) is 7.31. The fourth-order valence-corrected chi connectivity index (χ4v) is 3.52. The lowest BCUT2D eigenvalue weighted by Crippen LogP contribution is -2.35. The van der Waals surface area contributed by atoms with E-state index in [-0.39, 0.29) is 5.92 Å². The first kappa shape index (κ1) is 23.4. The summed E-state index contributed by atoms with van der Waals surface area (Å²) in [5.74, 6) is 2.57. The third-order valence-electron chi connectivity index (χ3n) is 5.35. The van der Waals surface area contributed by atoms with Crippen LogP contribution in [0, 0.1) is 17.2 Å². The number of methoxy groups -OCH3 is 3. The number of rotatable bonds is 12. The van der Waals surface area contributed by atoms with E-state index < -0.39 is 5.41 Å². The second kappa shape index (κ2) is 11.3. The quantitative estimate of drug-likeness (QED) is 0.527. The summed E-state index contributed by atoms with van der Waals surface area (Å²) in [4.78, 5) is 0. The summed E-state index contributed by atoms with van der Waals surface area (Å²) in [6, 6.07) is 16.0. The zero-order valence-corrected chi connectivity index (χ0v) is 18.5. The van der Waals surface area contributed by atoms with Crippen molar-refractivity contribution in [1.29, 1.82) is 5.26 Å². The third-order valence-corrected chi connectivity index (χ3v) is 5.35. The summed E-state index contributed by atoms with van der Waals surface area (Å²) < 4.78 is 22.1. The molecule has 0 bridgehead atoms. The summed E-state index contributed by atoms with van der Waals surface area (Å²) in [7, 11) is 4.74. The van der Waals surface area contributed by atoms with Crippen LogP contribution in [-0.4, -0.2) is 41.0 Å². The van der Waals surface area contributed by atoms with Crippen molar-refractivity contribution in [3.63, 3.8) is 0 Å². The van der Waals surface area contributed by atoms with Gasteiger partial charge in [-0.15, -0.1) is 0 Å². The highest BCUT2D eigenvalue weighted by atomic mass is 16.5. The molecule has 0 radical (unpaired) electrons. The van der Waals surface area contributed by atoms with Crippen molar-refractivity contribution in [2.75, 3.05) is 41.0 Å². The van der Waals surface area contributed by atoms with Crippen LogP contribution in [0.1, 0.15) is 25.8 Å². The van der Waals surface area contributed by atoms with Gasteiger partial charge in [-0.3, -0.25) is 0 Å². The molecule has 0 spiro atoms. The summed E-state index contributed by atoms with van der Waals surface area (Å²) in [6.45, 7) is 6.07. The van der Waals surface area contributed by atoms with Gasteiger partial charge in [-0.1, -0.05) is 32.0 Å². The number of para-hydroxylation sites is 1. The van der Waals surface area contributed by atoms with E-state index in [0.29, 0.717) is 43.4 Å². The van der Waals surface area contributed by atoms with Gasteiger partial charge in [-0.2, -0.15) is 5.26 Å². The topological polar surface area (TPSA) is 72.7 Å². The first-order valence-electron chi connectivity index (χ1n) is 10.1. The van der Waals surface area contributed by atoms with E-state index in [9.17, 15) is 5.26 Å². The number of nitriles is 1. The van der Waals surface area contributed by atoms with Gasteiger partial charge in [-0.05, 0) is 48.7 Å². The van der Waals surface area contributed by atoms with Gasteiger partial charge in [0.15, 0.2) is 11.5 Å². The molecule has 0 amide bonds. The fraction of sp³-hybridized carbons (Fsp3) is 0.458. The van der Waals surface area contributed by atoms with Gasteiger partial charge >= 0.3 is 0 Å². The molecular weight excluding hydrogens is 380 g/mol. The molecule has 0 saturated heterocycles. The molecule has 6 nitrogen and oxygen atoms in total. The summed E-state index contributed by atoms with van der Waals surface area (Å²) in [5, 5.41) is 13.6. The molecule has 0 fully saturated rings. The molecule has 0 aromatic heterocycles. The Morgan fingerprint density at radius 1 is 0.967 bits per heavy atom. The van der Waals surface area contributed by atoms with Crippen LogP contribution in [0.15, 0.2) is 42.5 Å². The zero-order valence-electron chi connectivity index (χ0n) is 18.5. The number of hydrogen-bond acceptors (Lipinski definition) is 6. The monoisotopic (exact) mass is 412 g/mol. The molecule has 2 aromatic rings. The van der Waals surface area contributed by atoms with E-state index >= 15 is 0 Å². The second-order valence-corrected chi connectivity index (χ2v) is 7.31. The van der Waals surface area contributed by atoms with E-state index in [1.165, 1.54) is 0 Å². The van der Waals surface area contributed by atoms with Crippen molar-refractivity contribution < 1.29 is 18.9 Å². The smallest absolute Gasteiger partial charge is 0.203 e. The van der Waals surface area contributed by atoms with Crippen molar-refractivity contribution in [2.45, 2.75) is 25.7 Å². The highest BCUT2D eigenvalue weighted by Gasteiger charge is 2.37. The van der Waals surface area contributed by atoms with Gasteiger partial charge < -0.3 is 24.3 Å². The number of benzene rings is 2. The minimum Gasteiger partial charge on any atom is -0.493 e. The molecule has 162 valence electrons. The van der Waals surface area contributed by atoms with Gasteiger partial charge in [0.05, 0.1) is 32.8 Å². The predicted molar refractivity (Wildman–Crippen MR) is 118 cm³/mol. The average Bonchev–Trinajstić information content (AvgIpc) is 2.78.